The average molecular weight is 1840 g/mol. The molecule has 0 aliphatic carbocycles. The number of ether oxygens (including phenoxy) is 2. The van der Waals surface area contributed by atoms with E-state index in [-0.39, 0.29) is 39.6 Å². The maximum Gasteiger partial charge on any atom is 0.415 e. The summed E-state index contributed by atoms with van der Waals surface area (Å²) in [7, 11) is 0. The van der Waals surface area contributed by atoms with E-state index in [1.165, 1.54) is 20.9 Å². The van der Waals surface area contributed by atoms with Gasteiger partial charge in [-0.1, -0.05) is 152 Å². The SMILES string of the molecule is CC(C)c1ccc(-c2nnc([C@H]3[C@H](C)OC(=O)N3c3ccc(C#N)c(Cl)c3)o2)cc1.CC(C)c1nnc([C@H](Nc2ccc(C#N)c(Cl)c2)[C@H](C)O)o1.CC(C)c1nnc([C@H]2[C@H](C)OC(=O)N2c2ccc(C#N)c(Cl)c2)o1.Cc1c(N[C@@H](c2nnc(-c3ccc(C(C)C)cc3)o2)[C@H](C)O)ccc(C#N)c1Cl.Cc1c(N[C@@H](c2nnc(C(C)C)o2)[C@H](C)O)ccc(C#N)c1Cl. The summed E-state index contributed by atoms with van der Waals surface area (Å²) in [5.41, 5.74) is 10.3. The molecule has 0 saturated carbocycles. The molecule has 2 aliphatic heterocycles. The lowest BCUT2D eigenvalue weighted by molar-refractivity contribution is 0.137. The van der Waals surface area contributed by atoms with Crippen LogP contribution in [0, 0.1) is 70.5 Å². The number of hydrogen-bond donors (Lipinski definition) is 6. The Morgan fingerprint density at radius 2 is 0.688 bits per heavy atom. The van der Waals surface area contributed by atoms with E-state index in [1.807, 2.05) is 114 Å². The fraction of sp³-hybridized carbons (Fsp3) is 0.352. The molecular weight excluding hydrogens is 1740 g/mol. The largest absolute Gasteiger partial charge is 0.443 e. The van der Waals surface area contributed by atoms with Gasteiger partial charge in [0, 0.05) is 57.3 Å². The minimum Gasteiger partial charge on any atom is -0.443 e. The van der Waals surface area contributed by atoms with Gasteiger partial charge >= 0.3 is 12.2 Å². The summed E-state index contributed by atoms with van der Waals surface area (Å²) in [5, 5.41) is 127. The third-order valence-corrected chi connectivity index (χ3v) is 22.2. The van der Waals surface area contributed by atoms with Crippen LogP contribution in [-0.2, 0) is 9.47 Å². The average Bonchev–Trinajstić information content (AvgIpc) is 1.62. The fourth-order valence-corrected chi connectivity index (χ4v) is 13.9. The fourth-order valence-electron chi connectivity index (χ4n) is 12.9. The van der Waals surface area contributed by atoms with Crippen LogP contribution in [0.5, 0.6) is 0 Å². The number of aromatic nitrogens is 10. The first-order valence-corrected chi connectivity index (χ1v) is 42.5. The van der Waals surface area contributed by atoms with Crippen molar-refractivity contribution in [1.82, 2.24) is 51.0 Å². The molecule has 128 heavy (non-hydrogen) atoms. The van der Waals surface area contributed by atoms with Crippen LogP contribution in [0.4, 0.5) is 38.0 Å². The van der Waals surface area contributed by atoms with Gasteiger partial charge in [-0.05, 0) is 186 Å². The first-order chi connectivity index (χ1) is 60.9. The smallest absolute Gasteiger partial charge is 0.415 e. The highest BCUT2D eigenvalue weighted by atomic mass is 35.5. The molecule has 7 heterocycles. The first kappa shape index (κ1) is 97.2. The van der Waals surface area contributed by atoms with Crippen LogP contribution in [0.25, 0.3) is 22.9 Å². The summed E-state index contributed by atoms with van der Waals surface area (Å²) in [6.07, 6.45) is -4.37. The second-order valence-electron chi connectivity index (χ2n) is 31.5. The molecule has 664 valence electrons. The van der Waals surface area contributed by atoms with Crippen molar-refractivity contribution >= 4 is 98.6 Å². The molecule has 12 aromatic rings. The lowest BCUT2D eigenvalue weighted by atomic mass is 10.0. The van der Waals surface area contributed by atoms with E-state index in [0.29, 0.717) is 136 Å². The van der Waals surface area contributed by atoms with Gasteiger partial charge in [-0.15, -0.1) is 51.0 Å². The number of rotatable bonds is 23. The highest BCUT2D eigenvalue weighted by molar-refractivity contribution is 6.34. The minimum atomic E-state index is -0.805. The molecule has 0 spiro atoms. The molecule has 5 aromatic heterocycles. The van der Waals surface area contributed by atoms with Gasteiger partial charge in [-0.25, -0.2) is 9.59 Å². The molecule has 2 aliphatic rings. The van der Waals surface area contributed by atoms with Gasteiger partial charge in [-0.3, -0.25) is 9.80 Å². The van der Waals surface area contributed by atoms with Gasteiger partial charge in [0.25, 0.3) is 0 Å². The Morgan fingerprint density at radius 1 is 0.367 bits per heavy atom. The number of cyclic esters (lactones) is 2. The number of anilines is 5. The number of carbonyl (C=O) groups is 2. The van der Waals surface area contributed by atoms with Gasteiger partial charge in [0.05, 0.1) is 71.2 Å². The first-order valence-electron chi connectivity index (χ1n) is 40.6. The lowest BCUT2D eigenvalue weighted by Crippen LogP contribution is -2.29. The van der Waals surface area contributed by atoms with Crippen molar-refractivity contribution in [2.75, 3.05) is 25.8 Å². The molecule has 37 heteroatoms. The zero-order valence-electron chi connectivity index (χ0n) is 72.8. The molecule has 6 N–H and O–H groups in total. The zero-order valence-corrected chi connectivity index (χ0v) is 76.6. The second kappa shape index (κ2) is 43.4. The van der Waals surface area contributed by atoms with Crippen LogP contribution < -0.4 is 25.8 Å². The number of carbonyl (C=O) groups excluding carboxylic acids is 2. The summed E-state index contributed by atoms with van der Waals surface area (Å²) >= 11 is 30.7. The number of nitriles is 5. The zero-order chi connectivity index (χ0) is 93.4. The molecule has 0 radical (unpaired) electrons. The van der Waals surface area contributed by atoms with Crippen molar-refractivity contribution in [3.8, 4) is 53.3 Å². The Morgan fingerprint density at radius 3 is 1.05 bits per heavy atom. The Bertz CT molecular complexity index is 6110. The summed E-state index contributed by atoms with van der Waals surface area (Å²) in [4.78, 5) is 27.6. The Labute approximate surface area is 764 Å². The van der Waals surface area contributed by atoms with Crippen LogP contribution in [-0.4, -0.2) is 109 Å². The standard InChI is InChI=1S/C22H19ClN4O3.C22H23ClN4O2.C16H15ClN4O3.C16H19ClN4O2.C15H17ClN4O2/c1-12(2)14-4-6-15(7-5-14)20-25-26-21(30-20)19-13(3)29-22(28)27(19)17-9-8-16(11-24)18(23)10-17;1-12(2)15-5-7-16(8-6-15)21-26-27-22(29-21)20(14(4)28)25-18-10-9-17(11-24)19(23)13(18)3;1-8(2)14-19-20-15(24-14)13-9(3)23-16(22)21(13)11-5-4-10(7-18)12(17)6-11;1-8(2)15-20-21-16(23-15)14(10(4)22)19-12-6-5-11(7-18)13(17)9(12)3;1-8(2)14-19-20-15(22-14)13(9(3)21)18-11-5-4-10(7-17)12(16)6-11/h4-10,12-13,19H,1-3H3;5-10,12,14,20,25,28H,1-4H3;4-6,8-9,13H,1-3H3;5-6,8,10,14,19,22H,1-4H3;4-6,8-9,13,18,21H,1-3H3/t13-,19+;14-,20+;9-,13+;10-,14+;9-,13+/m00000/s1. The van der Waals surface area contributed by atoms with Gasteiger partial charge in [0.2, 0.25) is 58.9 Å². The number of aliphatic hydroxyl groups excluding tert-OH is 3. The second-order valence-corrected chi connectivity index (χ2v) is 33.5. The molecule has 0 bridgehead atoms. The van der Waals surface area contributed by atoms with Crippen molar-refractivity contribution in [1.29, 1.82) is 26.3 Å². The maximum atomic E-state index is 12.5. The third kappa shape index (κ3) is 23.2. The Balaban J connectivity index is 0.000000168. The van der Waals surface area contributed by atoms with Crippen molar-refractivity contribution < 1.29 is 56.5 Å². The molecule has 7 aromatic carbocycles. The molecule has 0 unspecified atom stereocenters. The van der Waals surface area contributed by atoms with E-state index in [1.54, 1.807) is 127 Å². The number of halogens is 5. The van der Waals surface area contributed by atoms with Crippen molar-refractivity contribution in [2.45, 2.75) is 208 Å². The number of nitrogens with one attached hydrogen (secondary N) is 3. The summed E-state index contributed by atoms with van der Waals surface area (Å²) in [5.74, 6) is 4.88. The summed E-state index contributed by atoms with van der Waals surface area (Å²) in [6, 6.07) is 44.2. The van der Waals surface area contributed by atoms with Crippen LogP contribution in [0.1, 0.15) is 261 Å². The molecule has 32 nitrogen and oxygen atoms in total. The number of benzene rings is 7. The summed E-state index contributed by atoms with van der Waals surface area (Å²) < 4.78 is 39.4. The van der Waals surface area contributed by atoms with Crippen molar-refractivity contribution in [2.24, 2.45) is 0 Å². The molecular formula is C91H93Cl5N20O12. The number of aliphatic hydroxyl groups is 3. The summed E-state index contributed by atoms with van der Waals surface area (Å²) in [6.45, 7) is 32.2. The number of nitrogens with zero attached hydrogens (tertiary/aromatic N) is 17. The number of hydrogen-bond acceptors (Lipinski definition) is 30. The van der Waals surface area contributed by atoms with Gasteiger partial charge in [0.1, 0.15) is 60.7 Å². The van der Waals surface area contributed by atoms with Crippen LogP contribution in [0.15, 0.2) is 149 Å². The topological polar surface area (TPSA) is 469 Å². The van der Waals surface area contributed by atoms with E-state index in [4.69, 9.17) is 116 Å². The molecule has 2 fully saturated rings. The van der Waals surface area contributed by atoms with Gasteiger partial charge in [-0.2, -0.15) is 26.3 Å². The van der Waals surface area contributed by atoms with E-state index >= 15 is 0 Å². The maximum absolute atomic E-state index is 12.5. The monoisotopic (exact) mass is 1830 g/mol. The Hall–Kier alpha value is -13.0. The van der Waals surface area contributed by atoms with Gasteiger partial charge in [0.15, 0.2) is 12.1 Å². The van der Waals surface area contributed by atoms with Crippen molar-refractivity contribution in [3.63, 3.8) is 0 Å². The molecule has 14 rings (SSSR count). The normalized spacial score (nSPS) is 15.9. The van der Waals surface area contributed by atoms with Gasteiger partial charge < -0.3 is 62.8 Å². The van der Waals surface area contributed by atoms with Crippen LogP contribution in [0.3, 0.4) is 0 Å². The van der Waals surface area contributed by atoms with E-state index in [2.05, 4.69) is 101 Å². The van der Waals surface area contributed by atoms with E-state index in [9.17, 15) is 24.9 Å². The highest BCUT2D eigenvalue weighted by Gasteiger charge is 2.47. The van der Waals surface area contributed by atoms with E-state index < -0.39 is 72.9 Å². The van der Waals surface area contributed by atoms with Crippen LogP contribution >= 0.6 is 58.0 Å². The van der Waals surface area contributed by atoms with Crippen LogP contribution in [0.2, 0.25) is 25.1 Å². The Kier molecular flexibility index (Phi) is 33.0. The minimum absolute atomic E-state index is 0.0809. The number of amides is 2. The molecule has 2 amide bonds. The quantitative estimate of drug-likeness (QED) is 0.0346. The van der Waals surface area contributed by atoms with Crippen molar-refractivity contribution in [3.05, 3.63) is 250 Å². The lowest BCUT2D eigenvalue weighted by Gasteiger charge is -2.21. The molecule has 10 atom stereocenters. The highest BCUT2D eigenvalue weighted by Crippen LogP contribution is 2.43. The molecule has 2 saturated heterocycles. The van der Waals surface area contributed by atoms with E-state index in [0.717, 1.165) is 16.7 Å². The predicted octanol–water partition coefficient (Wildman–Crippen LogP) is 21.3. The predicted molar refractivity (Wildman–Crippen MR) is 480 cm³/mol. The third-order valence-electron chi connectivity index (χ3n) is 20.3.